The highest BCUT2D eigenvalue weighted by atomic mass is 16.6. The fourth-order valence-corrected chi connectivity index (χ4v) is 2.61. The predicted octanol–water partition coefficient (Wildman–Crippen LogP) is 2.45. The summed E-state index contributed by atoms with van der Waals surface area (Å²) in [4.78, 5) is 2.45. The molecule has 0 saturated carbocycles. The Labute approximate surface area is 122 Å². The van der Waals surface area contributed by atoms with E-state index >= 15 is 0 Å². The molecule has 1 aliphatic rings. The lowest BCUT2D eigenvalue weighted by molar-refractivity contribution is 0.171. The molecule has 0 aromatic heterocycles. The maximum atomic E-state index is 5.66. The Morgan fingerprint density at radius 3 is 2.50 bits per heavy atom. The predicted molar refractivity (Wildman–Crippen MR) is 81.6 cm³/mol. The van der Waals surface area contributed by atoms with Crippen LogP contribution < -0.4 is 14.8 Å². The van der Waals surface area contributed by atoms with Gasteiger partial charge in [-0.3, -0.25) is 0 Å². The van der Waals surface area contributed by atoms with E-state index in [9.17, 15) is 0 Å². The zero-order chi connectivity index (χ0) is 14.4. The van der Waals surface area contributed by atoms with Crippen LogP contribution in [-0.4, -0.2) is 44.8 Å². The van der Waals surface area contributed by atoms with Gasteiger partial charge in [-0.1, -0.05) is 19.9 Å². The van der Waals surface area contributed by atoms with Crippen molar-refractivity contribution < 1.29 is 9.47 Å². The zero-order valence-corrected chi connectivity index (χ0v) is 12.8. The summed E-state index contributed by atoms with van der Waals surface area (Å²) in [6.45, 7) is 9.02. The fourth-order valence-electron chi connectivity index (χ4n) is 2.61. The summed E-state index contributed by atoms with van der Waals surface area (Å²) in [7, 11) is 2.02. The second-order valence-corrected chi connectivity index (χ2v) is 5.06. The number of nitrogens with zero attached hydrogens (tertiary/aromatic N) is 1. The van der Waals surface area contributed by atoms with Crippen LogP contribution in [0.5, 0.6) is 11.5 Å². The van der Waals surface area contributed by atoms with E-state index in [2.05, 4.69) is 36.2 Å². The molecular formula is C16H26N2O2. The highest BCUT2D eigenvalue weighted by Gasteiger charge is 2.16. The Balaban J connectivity index is 2.03. The minimum Gasteiger partial charge on any atom is -0.486 e. The summed E-state index contributed by atoms with van der Waals surface area (Å²) in [5.41, 5.74) is 1.27. The van der Waals surface area contributed by atoms with Crippen LogP contribution in [0.1, 0.15) is 31.9 Å². The van der Waals surface area contributed by atoms with Crippen LogP contribution in [0.25, 0.3) is 0 Å². The molecule has 4 heteroatoms. The van der Waals surface area contributed by atoms with E-state index in [4.69, 9.17) is 9.47 Å². The lowest BCUT2D eigenvalue weighted by Crippen LogP contribution is -2.28. The van der Waals surface area contributed by atoms with Crippen molar-refractivity contribution in [3.05, 3.63) is 23.8 Å². The van der Waals surface area contributed by atoms with Gasteiger partial charge in [-0.25, -0.2) is 0 Å². The van der Waals surface area contributed by atoms with Crippen LogP contribution in [0.3, 0.4) is 0 Å². The molecule has 0 saturated heterocycles. The third kappa shape index (κ3) is 3.64. The van der Waals surface area contributed by atoms with Crippen molar-refractivity contribution in [2.75, 3.05) is 39.9 Å². The second-order valence-electron chi connectivity index (χ2n) is 5.06. The molecule has 20 heavy (non-hydrogen) atoms. The monoisotopic (exact) mass is 278 g/mol. The molecule has 0 fully saturated rings. The van der Waals surface area contributed by atoms with Crippen molar-refractivity contribution in [3.8, 4) is 11.5 Å². The van der Waals surface area contributed by atoms with Crippen molar-refractivity contribution in [3.63, 3.8) is 0 Å². The molecule has 0 radical (unpaired) electrons. The molecule has 4 nitrogen and oxygen atoms in total. The molecule has 1 N–H and O–H groups in total. The second kappa shape index (κ2) is 7.50. The first-order valence-electron chi connectivity index (χ1n) is 7.57. The molecule has 0 bridgehead atoms. The van der Waals surface area contributed by atoms with E-state index in [1.54, 1.807) is 0 Å². The van der Waals surface area contributed by atoms with Gasteiger partial charge in [0, 0.05) is 6.04 Å². The summed E-state index contributed by atoms with van der Waals surface area (Å²) in [6, 6.07) is 6.62. The normalized spacial score (nSPS) is 15.4. The summed E-state index contributed by atoms with van der Waals surface area (Å²) in [6.07, 6.45) is 1.10. The Morgan fingerprint density at radius 1 is 1.15 bits per heavy atom. The van der Waals surface area contributed by atoms with Gasteiger partial charge < -0.3 is 19.7 Å². The lowest BCUT2D eigenvalue weighted by atomic mass is 10.0. The smallest absolute Gasteiger partial charge is 0.161 e. The van der Waals surface area contributed by atoms with E-state index < -0.39 is 0 Å². The van der Waals surface area contributed by atoms with E-state index in [1.165, 1.54) is 5.56 Å². The van der Waals surface area contributed by atoms with Crippen LogP contribution >= 0.6 is 0 Å². The Kier molecular flexibility index (Phi) is 5.68. The number of nitrogens with one attached hydrogen (secondary N) is 1. The van der Waals surface area contributed by atoms with Crippen LogP contribution in [0.2, 0.25) is 0 Å². The van der Waals surface area contributed by atoms with Gasteiger partial charge in [-0.15, -0.1) is 0 Å². The largest absolute Gasteiger partial charge is 0.486 e. The molecule has 0 spiro atoms. The van der Waals surface area contributed by atoms with Crippen LogP contribution in [0.4, 0.5) is 0 Å². The van der Waals surface area contributed by atoms with Gasteiger partial charge in [0.2, 0.25) is 0 Å². The standard InChI is InChI=1S/C16H26N2O2/c1-4-18(5-2)9-8-14(17-3)13-6-7-15-16(12-13)20-11-10-19-15/h6-7,12,14,17H,4-5,8-11H2,1-3H3. The van der Waals surface area contributed by atoms with Crippen LogP contribution in [0, 0.1) is 0 Å². The number of benzene rings is 1. The number of ether oxygens (including phenoxy) is 2. The fraction of sp³-hybridized carbons (Fsp3) is 0.625. The molecule has 1 aromatic carbocycles. The molecule has 112 valence electrons. The summed E-state index contributed by atoms with van der Waals surface area (Å²) >= 11 is 0. The maximum absolute atomic E-state index is 5.66. The van der Waals surface area contributed by atoms with Crippen molar-refractivity contribution in [2.24, 2.45) is 0 Å². The topological polar surface area (TPSA) is 33.7 Å². The minimum atomic E-state index is 0.353. The summed E-state index contributed by atoms with van der Waals surface area (Å²) < 4.78 is 11.2. The van der Waals surface area contributed by atoms with Crippen LogP contribution in [0.15, 0.2) is 18.2 Å². The van der Waals surface area contributed by atoms with E-state index in [1.807, 2.05) is 13.1 Å². The van der Waals surface area contributed by atoms with Gasteiger partial charge >= 0.3 is 0 Å². The third-order valence-corrected chi connectivity index (χ3v) is 3.95. The highest BCUT2D eigenvalue weighted by Crippen LogP contribution is 2.33. The number of fused-ring (bicyclic) bond motifs is 1. The van der Waals surface area contributed by atoms with Crippen molar-refractivity contribution >= 4 is 0 Å². The Hall–Kier alpha value is -1.26. The SMILES string of the molecule is CCN(CC)CCC(NC)c1ccc2c(c1)OCCO2. The number of rotatable bonds is 7. The first kappa shape index (κ1) is 15.1. The number of hydrogen-bond donors (Lipinski definition) is 1. The molecule has 2 rings (SSSR count). The molecule has 1 aliphatic heterocycles. The van der Waals surface area contributed by atoms with E-state index in [0.29, 0.717) is 19.3 Å². The van der Waals surface area contributed by atoms with Crippen LogP contribution in [-0.2, 0) is 0 Å². The van der Waals surface area contributed by atoms with Crippen molar-refractivity contribution in [1.29, 1.82) is 0 Å². The molecule has 1 unspecified atom stereocenters. The minimum absolute atomic E-state index is 0.353. The van der Waals surface area contributed by atoms with Crippen molar-refractivity contribution in [2.45, 2.75) is 26.3 Å². The lowest BCUT2D eigenvalue weighted by Gasteiger charge is -2.24. The highest BCUT2D eigenvalue weighted by molar-refractivity contribution is 5.44. The molecule has 1 heterocycles. The molecular weight excluding hydrogens is 252 g/mol. The quantitative estimate of drug-likeness (QED) is 0.830. The van der Waals surface area contributed by atoms with Crippen molar-refractivity contribution in [1.82, 2.24) is 10.2 Å². The van der Waals surface area contributed by atoms with E-state index in [-0.39, 0.29) is 0 Å². The average molecular weight is 278 g/mol. The third-order valence-electron chi connectivity index (χ3n) is 3.95. The van der Waals surface area contributed by atoms with Gasteiger partial charge in [0.15, 0.2) is 11.5 Å². The molecule has 0 aliphatic carbocycles. The zero-order valence-electron chi connectivity index (χ0n) is 12.8. The summed E-state index contributed by atoms with van der Waals surface area (Å²) in [5, 5.41) is 3.41. The van der Waals surface area contributed by atoms with Gasteiger partial charge in [0.05, 0.1) is 0 Å². The average Bonchev–Trinajstić information content (AvgIpc) is 2.51. The first-order chi connectivity index (χ1) is 9.78. The molecule has 1 atom stereocenters. The summed E-state index contributed by atoms with van der Waals surface area (Å²) in [5.74, 6) is 1.73. The van der Waals surface area contributed by atoms with Gasteiger partial charge in [0.25, 0.3) is 0 Å². The molecule has 0 amide bonds. The van der Waals surface area contributed by atoms with E-state index in [0.717, 1.165) is 37.6 Å². The maximum Gasteiger partial charge on any atom is 0.161 e. The Bertz CT molecular complexity index is 419. The first-order valence-corrected chi connectivity index (χ1v) is 7.57. The number of hydrogen-bond acceptors (Lipinski definition) is 4. The van der Waals surface area contributed by atoms with Gasteiger partial charge in [0.1, 0.15) is 13.2 Å². The van der Waals surface area contributed by atoms with Gasteiger partial charge in [-0.2, -0.15) is 0 Å². The molecule has 1 aromatic rings. The Morgan fingerprint density at radius 2 is 1.85 bits per heavy atom. The van der Waals surface area contributed by atoms with Gasteiger partial charge in [-0.05, 0) is 50.8 Å².